The molecule has 2 rings (SSSR count). The highest BCUT2D eigenvalue weighted by Crippen LogP contribution is 2.34. The minimum absolute atomic E-state index is 0.0566. The van der Waals surface area contributed by atoms with Crippen molar-refractivity contribution in [3.05, 3.63) is 48.0 Å². The minimum Gasteiger partial charge on any atom is -0.396 e. The maximum Gasteiger partial charge on any atom is 0.253 e. The van der Waals surface area contributed by atoms with Crippen molar-refractivity contribution >= 4 is 5.91 Å². The Morgan fingerprint density at radius 1 is 1.57 bits per heavy atom. The third kappa shape index (κ3) is 3.32. The van der Waals surface area contributed by atoms with E-state index >= 15 is 0 Å². The lowest BCUT2D eigenvalue weighted by molar-refractivity contribution is 0.0285. The largest absolute Gasteiger partial charge is 0.396 e. The van der Waals surface area contributed by atoms with Crippen LogP contribution in [0.3, 0.4) is 0 Å². The number of rotatable bonds is 4. The number of hydrogen-bond donors (Lipinski definition) is 1. The Bertz CT molecular complexity index is 576. The van der Waals surface area contributed by atoms with Gasteiger partial charge in [0.05, 0.1) is 18.2 Å². The van der Waals surface area contributed by atoms with E-state index < -0.39 is 0 Å². The third-order valence-corrected chi connectivity index (χ3v) is 4.10. The average molecular weight is 284 g/mol. The first-order chi connectivity index (χ1) is 10.1. The molecule has 4 heteroatoms. The van der Waals surface area contributed by atoms with Crippen LogP contribution in [0.5, 0.6) is 0 Å². The van der Waals surface area contributed by atoms with E-state index in [1.165, 1.54) is 0 Å². The lowest BCUT2D eigenvalue weighted by Crippen LogP contribution is -2.47. The number of nitriles is 1. The normalized spacial score (nSPS) is 21.6. The number of aliphatic hydroxyl groups excluding tert-OH is 1. The van der Waals surface area contributed by atoms with Gasteiger partial charge in [0.2, 0.25) is 0 Å². The molecule has 0 aliphatic carbocycles. The molecule has 0 aromatic heterocycles. The fourth-order valence-corrected chi connectivity index (χ4v) is 2.95. The van der Waals surface area contributed by atoms with Crippen LogP contribution in [0.1, 0.15) is 35.2 Å². The maximum absolute atomic E-state index is 12.6. The summed E-state index contributed by atoms with van der Waals surface area (Å²) in [6.07, 6.45) is 4.28. The van der Waals surface area contributed by atoms with Gasteiger partial charge < -0.3 is 10.0 Å². The van der Waals surface area contributed by atoms with Crippen molar-refractivity contribution in [2.75, 3.05) is 19.7 Å². The van der Waals surface area contributed by atoms with Gasteiger partial charge in [-0.15, -0.1) is 6.58 Å². The second-order valence-corrected chi connectivity index (χ2v) is 5.67. The average Bonchev–Trinajstić information content (AvgIpc) is 2.54. The predicted octanol–water partition coefficient (Wildman–Crippen LogP) is 2.35. The molecule has 0 saturated carbocycles. The summed E-state index contributed by atoms with van der Waals surface area (Å²) in [6.45, 7) is 5.03. The molecule has 1 aliphatic rings. The quantitative estimate of drug-likeness (QED) is 0.863. The van der Waals surface area contributed by atoms with Gasteiger partial charge in [0, 0.05) is 24.1 Å². The number of carbonyl (C=O) groups is 1. The second-order valence-electron chi connectivity index (χ2n) is 5.67. The van der Waals surface area contributed by atoms with E-state index in [2.05, 4.69) is 6.58 Å². The number of piperidine rings is 1. The lowest BCUT2D eigenvalue weighted by Gasteiger charge is -2.41. The number of allylic oxidation sites excluding steroid dienone is 1. The highest BCUT2D eigenvalue weighted by molar-refractivity contribution is 5.94. The second kappa shape index (κ2) is 6.55. The summed E-state index contributed by atoms with van der Waals surface area (Å²) >= 11 is 0. The van der Waals surface area contributed by atoms with Gasteiger partial charge in [0.15, 0.2) is 0 Å². The van der Waals surface area contributed by atoms with Crippen molar-refractivity contribution in [1.29, 1.82) is 5.26 Å². The highest BCUT2D eigenvalue weighted by atomic mass is 16.3. The van der Waals surface area contributed by atoms with Gasteiger partial charge in [-0.1, -0.05) is 12.1 Å². The number of hydrogen-bond acceptors (Lipinski definition) is 3. The first kappa shape index (κ1) is 15.3. The number of benzene rings is 1. The molecule has 1 heterocycles. The number of amides is 1. The maximum atomic E-state index is 12.6. The Morgan fingerprint density at radius 2 is 2.38 bits per heavy atom. The van der Waals surface area contributed by atoms with Crippen molar-refractivity contribution in [1.82, 2.24) is 4.90 Å². The van der Waals surface area contributed by atoms with Crippen LogP contribution in [-0.2, 0) is 0 Å². The van der Waals surface area contributed by atoms with Gasteiger partial charge >= 0.3 is 0 Å². The summed E-state index contributed by atoms with van der Waals surface area (Å²) in [7, 11) is 0. The molecule has 0 radical (unpaired) electrons. The predicted molar refractivity (Wildman–Crippen MR) is 80.6 cm³/mol. The van der Waals surface area contributed by atoms with E-state index in [4.69, 9.17) is 5.26 Å². The molecule has 0 bridgehead atoms. The van der Waals surface area contributed by atoms with E-state index in [9.17, 15) is 9.90 Å². The fourth-order valence-electron chi connectivity index (χ4n) is 2.95. The van der Waals surface area contributed by atoms with Crippen LogP contribution >= 0.6 is 0 Å². The van der Waals surface area contributed by atoms with Crippen LogP contribution in [0.25, 0.3) is 0 Å². The zero-order chi connectivity index (χ0) is 15.3. The fraction of sp³-hybridized carbons (Fsp3) is 0.412. The van der Waals surface area contributed by atoms with E-state index in [1.54, 1.807) is 35.2 Å². The van der Waals surface area contributed by atoms with Crippen LogP contribution in [0, 0.1) is 16.7 Å². The molecule has 4 nitrogen and oxygen atoms in total. The monoisotopic (exact) mass is 284 g/mol. The lowest BCUT2D eigenvalue weighted by atomic mass is 9.77. The van der Waals surface area contributed by atoms with Crippen LogP contribution in [0.4, 0.5) is 0 Å². The summed E-state index contributed by atoms with van der Waals surface area (Å²) in [4.78, 5) is 14.4. The Morgan fingerprint density at radius 3 is 3.05 bits per heavy atom. The molecule has 21 heavy (non-hydrogen) atoms. The number of nitrogens with zero attached hydrogens (tertiary/aromatic N) is 2. The molecule has 1 fully saturated rings. The first-order valence-corrected chi connectivity index (χ1v) is 7.15. The van der Waals surface area contributed by atoms with Crippen molar-refractivity contribution < 1.29 is 9.90 Å². The summed E-state index contributed by atoms with van der Waals surface area (Å²) in [5.74, 6) is -0.0753. The van der Waals surface area contributed by atoms with Crippen molar-refractivity contribution in [3.63, 3.8) is 0 Å². The molecule has 1 atom stereocenters. The molecule has 0 spiro atoms. The number of carbonyl (C=O) groups excluding carboxylic acids is 1. The van der Waals surface area contributed by atoms with Crippen molar-refractivity contribution in [2.24, 2.45) is 5.41 Å². The van der Waals surface area contributed by atoms with Gasteiger partial charge in [-0.05, 0) is 37.5 Å². The molecule has 1 aliphatic heterocycles. The molecule has 110 valence electrons. The Hall–Kier alpha value is -2.12. The molecule has 1 amide bonds. The van der Waals surface area contributed by atoms with Gasteiger partial charge in [-0.2, -0.15) is 5.26 Å². The third-order valence-electron chi connectivity index (χ3n) is 4.10. The van der Waals surface area contributed by atoms with Crippen molar-refractivity contribution in [2.45, 2.75) is 19.3 Å². The Labute approximate surface area is 125 Å². The van der Waals surface area contributed by atoms with E-state index in [-0.39, 0.29) is 17.9 Å². The standard InChI is InChI=1S/C17H20N2O2/c1-2-7-17(13-20)8-4-9-19(12-17)16(21)15-6-3-5-14(10-15)11-18/h2-3,5-6,10,20H,1,4,7-9,12-13H2/t17-/m0/s1. The highest BCUT2D eigenvalue weighted by Gasteiger charge is 2.35. The number of aliphatic hydroxyl groups is 1. The Balaban J connectivity index is 2.19. The topological polar surface area (TPSA) is 64.3 Å². The first-order valence-electron chi connectivity index (χ1n) is 7.15. The molecule has 1 aromatic carbocycles. The molecule has 1 aromatic rings. The summed E-state index contributed by atoms with van der Waals surface area (Å²) in [6, 6.07) is 8.80. The molecule has 1 N–H and O–H groups in total. The van der Waals surface area contributed by atoms with E-state index in [0.29, 0.717) is 30.6 Å². The smallest absolute Gasteiger partial charge is 0.253 e. The van der Waals surface area contributed by atoms with Crippen molar-refractivity contribution in [3.8, 4) is 6.07 Å². The summed E-state index contributed by atoms with van der Waals surface area (Å²) in [5, 5.41) is 18.6. The molecular weight excluding hydrogens is 264 g/mol. The van der Waals surface area contributed by atoms with E-state index in [0.717, 1.165) is 12.8 Å². The Kier molecular flexibility index (Phi) is 4.77. The van der Waals surface area contributed by atoms with Gasteiger partial charge in [0.25, 0.3) is 5.91 Å². The van der Waals surface area contributed by atoms with Crippen LogP contribution in [0.2, 0.25) is 0 Å². The summed E-state index contributed by atoms with van der Waals surface area (Å²) < 4.78 is 0. The zero-order valence-corrected chi connectivity index (χ0v) is 12.1. The molecule has 0 unspecified atom stereocenters. The van der Waals surface area contributed by atoms with Crippen LogP contribution < -0.4 is 0 Å². The zero-order valence-electron chi connectivity index (χ0n) is 12.1. The molecule has 1 saturated heterocycles. The minimum atomic E-state index is -0.275. The molecular formula is C17H20N2O2. The SMILES string of the molecule is C=CC[C@]1(CO)CCCN(C(=O)c2cccc(C#N)c2)C1. The van der Waals surface area contributed by atoms with Crippen LogP contribution in [0.15, 0.2) is 36.9 Å². The van der Waals surface area contributed by atoms with Gasteiger partial charge in [-0.3, -0.25) is 4.79 Å². The van der Waals surface area contributed by atoms with Gasteiger partial charge in [-0.25, -0.2) is 0 Å². The van der Waals surface area contributed by atoms with Crippen LogP contribution in [-0.4, -0.2) is 35.6 Å². The summed E-state index contributed by atoms with van der Waals surface area (Å²) in [5.41, 5.74) is 0.737. The van der Waals surface area contributed by atoms with E-state index in [1.807, 2.05) is 6.07 Å². The van der Waals surface area contributed by atoms with Gasteiger partial charge in [0.1, 0.15) is 0 Å². The number of likely N-dealkylation sites (tertiary alicyclic amines) is 1.